The Morgan fingerprint density at radius 2 is 1.56 bits per heavy atom. The summed E-state index contributed by atoms with van der Waals surface area (Å²) in [5, 5.41) is 6.03. The topological polar surface area (TPSA) is 78.6 Å². The van der Waals surface area contributed by atoms with E-state index in [9.17, 15) is 9.59 Å². The van der Waals surface area contributed by atoms with Crippen molar-refractivity contribution in [2.75, 3.05) is 45.9 Å². The van der Waals surface area contributed by atoms with E-state index in [1.165, 1.54) is 35.4 Å². The Morgan fingerprint density at radius 1 is 0.889 bits per heavy atom. The van der Waals surface area contributed by atoms with E-state index in [1.807, 2.05) is 18.2 Å². The summed E-state index contributed by atoms with van der Waals surface area (Å²) in [6.07, 6.45) is 8.03. The van der Waals surface area contributed by atoms with Crippen LogP contribution in [0.5, 0.6) is 0 Å². The maximum Gasteiger partial charge on any atom is 0.347 e. The molecule has 0 radical (unpaired) electrons. The number of urea groups is 1. The van der Waals surface area contributed by atoms with Crippen molar-refractivity contribution in [3.05, 3.63) is 47.2 Å². The Balaban J connectivity index is 0.00000361. The number of benzene rings is 1. The number of nitrogens with zero attached hydrogens (tertiary/aromatic N) is 4. The Kier molecular flexibility index (Phi) is 11.3. The average molecular weight is 537 g/mol. The summed E-state index contributed by atoms with van der Waals surface area (Å²) in [4.78, 5) is 28.7. The van der Waals surface area contributed by atoms with Gasteiger partial charge in [0.1, 0.15) is 18.1 Å². The second-order valence-electron chi connectivity index (χ2n) is 8.91. The summed E-state index contributed by atoms with van der Waals surface area (Å²) < 4.78 is 11.2. The second-order valence-corrected chi connectivity index (χ2v) is 9.35. The van der Waals surface area contributed by atoms with Crippen molar-refractivity contribution in [1.29, 1.82) is 0 Å². The van der Waals surface area contributed by atoms with Gasteiger partial charge >= 0.3 is 6.03 Å². The number of halogens is 2. The molecule has 0 aliphatic carbocycles. The largest absolute Gasteiger partial charge is 0.455 e. The number of ether oxygens (including phenoxy) is 1. The van der Waals surface area contributed by atoms with Gasteiger partial charge in [-0.3, -0.25) is 14.6 Å². The molecule has 1 aromatic heterocycles. The number of hydrazone groups is 1. The van der Waals surface area contributed by atoms with Gasteiger partial charge in [0.15, 0.2) is 0 Å². The Hall–Kier alpha value is -2.39. The number of amides is 3. The van der Waals surface area contributed by atoms with E-state index in [-0.39, 0.29) is 30.9 Å². The minimum Gasteiger partial charge on any atom is -0.455 e. The highest BCUT2D eigenvalue weighted by molar-refractivity contribution is 6.30. The van der Waals surface area contributed by atoms with Crippen molar-refractivity contribution in [2.45, 2.75) is 38.5 Å². The highest BCUT2D eigenvalue weighted by Crippen LogP contribution is 2.23. The first-order valence-corrected chi connectivity index (χ1v) is 12.8. The third-order valence-corrected chi connectivity index (χ3v) is 6.58. The van der Waals surface area contributed by atoms with Crippen molar-refractivity contribution in [1.82, 2.24) is 14.8 Å². The van der Waals surface area contributed by atoms with Crippen molar-refractivity contribution >= 4 is 42.2 Å². The lowest BCUT2D eigenvalue weighted by Gasteiger charge is -2.26. The van der Waals surface area contributed by atoms with E-state index in [4.69, 9.17) is 20.8 Å². The molecular weight excluding hydrogens is 503 g/mol. The van der Waals surface area contributed by atoms with Crippen LogP contribution in [0.2, 0.25) is 5.02 Å². The van der Waals surface area contributed by atoms with Crippen LogP contribution in [0.1, 0.15) is 44.3 Å². The fraction of sp³-hybridized carbons (Fsp3) is 0.500. The van der Waals surface area contributed by atoms with Crippen LogP contribution in [-0.2, 0) is 9.53 Å². The number of furan rings is 1. The fourth-order valence-electron chi connectivity index (χ4n) is 4.29. The molecule has 2 aromatic rings. The van der Waals surface area contributed by atoms with Crippen molar-refractivity contribution in [2.24, 2.45) is 5.10 Å². The number of unbranched alkanes of at least 4 members (excludes halogenated alkanes) is 5. The zero-order valence-electron chi connectivity index (χ0n) is 20.4. The van der Waals surface area contributed by atoms with Crippen LogP contribution in [0.25, 0.3) is 11.3 Å². The van der Waals surface area contributed by atoms with Gasteiger partial charge < -0.3 is 9.15 Å². The normalized spacial score (nSPS) is 16.8. The van der Waals surface area contributed by atoms with Gasteiger partial charge in [0.2, 0.25) is 0 Å². The van der Waals surface area contributed by atoms with Gasteiger partial charge in [-0.1, -0.05) is 37.3 Å². The summed E-state index contributed by atoms with van der Waals surface area (Å²) in [6.45, 7) is 5.35. The molecule has 0 bridgehead atoms. The number of morpholine rings is 1. The van der Waals surface area contributed by atoms with Crippen LogP contribution in [0.4, 0.5) is 4.79 Å². The van der Waals surface area contributed by atoms with Crippen LogP contribution >= 0.6 is 24.0 Å². The monoisotopic (exact) mass is 536 g/mol. The molecule has 0 spiro atoms. The molecule has 2 fully saturated rings. The smallest absolute Gasteiger partial charge is 0.347 e. The number of carbonyl (C=O) groups is 2. The first-order chi connectivity index (χ1) is 17.1. The van der Waals surface area contributed by atoms with Gasteiger partial charge in [0.05, 0.1) is 19.4 Å². The van der Waals surface area contributed by atoms with Crippen molar-refractivity contribution in [3.8, 4) is 11.3 Å². The average Bonchev–Trinajstić information content (AvgIpc) is 3.45. The number of carbonyl (C=O) groups excluding carboxylic acids is 2. The summed E-state index contributed by atoms with van der Waals surface area (Å²) in [7, 11) is 0. The van der Waals surface area contributed by atoms with Crippen LogP contribution < -0.4 is 0 Å². The molecule has 2 saturated heterocycles. The third kappa shape index (κ3) is 8.06. The van der Waals surface area contributed by atoms with E-state index in [0.717, 1.165) is 57.7 Å². The van der Waals surface area contributed by atoms with E-state index in [1.54, 1.807) is 18.2 Å². The van der Waals surface area contributed by atoms with Crippen LogP contribution in [0.15, 0.2) is 45.9 Å². The fourth-order valence-corrected chi connectivity index (χ4v) is 4.42. The molecule has 1 aromatic carbocycles. The highest BCUT2D eigenvalue weighted by Gasteiger charge is 2.35. The van der Waals surface area contributed by atoms with E-state index in [2.05, 4.69) is 10.0 Å². The first kappa shape index (κ1) is 28.2. The maximum absolute atomic E-state index is 12.6. The Morgan fingerprint density at radius 3 is 2.28 bits per heavy atom. The number of hydrogen-bond donors (Lipinski definition) is 0. The molecule has 0 saturated carbocycles. The van der Waals surface area contributed by atoms with Crippen molar-refractivity contribution < 1.29 is 18.7 Å². The van der Waals surface area contributed by atoms with E-state index in [0.29, 0.717) is 23.1 Å². The number of rotatable bonds is 12. The molecular formula is C26H34Cl2N4O4. The predicted octanol–water partition coefficient (Wildman–Crippen LogP) is 5.29. The van der Waals surface area contributed by atoms with Gasteiger partial charge in [0, 0.05) is 30.2 Å². The molecule has 4 rings (SSSR count). The molecule has 196 valence electrons. The highest BCUT2D eigenvalue weighted by atomic mass is 35.5. The third-order valence-electron chi connectivity index (χ3n) is 6.33. The molecule has 0 N–H and O–H groups in total. The maximum atomic E-state index is 12.6. The Bertz CT molecular complexity index is 1010. The first-order valence-electron chi connectivity index (χ1n) is 12.4. The second kappa shape index (κ2) is 14.4. The molecule has 36 heavy (non-hydrogen) atoms. The lowest BCUT2D eigenvalue weighted by molar-refractivity contribution is -0.125. The van der Waals surface area contributed by atoms with Gasteiger partial charge in [-0.15, -0.1) is 12.4 Å². The van der Waals surface area contributed by atoms with Gasteiger partial charge in [-0.05, 0) is 55.8 Å². The van der Waals surface area contributed by atoms with Gasteiger partial charge in [0.25, 0.3) is 5.91 Å². The zero-order valence-corrected chi connectivity index (χ0v) is 22.0. The molecule has 10 heteroatoms. The molecule has 8 nitrogen and oxygen atoms in total. The zero-order chi connectivity index (χ0) is 24.5. The summed E-state index contributed by atoms with van der Waals surface area (Å²) in [5.41, 5.74) is 0.893. The molecule has 3 heterocycles. The quantitative estimate of drug-likeness (QED) is 0.209. The minimum absolute atomic E-state index is 0. The van der Waals surface area contributed by atoms with E-state index >= 15 is 0 Å². The van der Waals surface area contributed by atoms with Gasteiger partial charge in [-0.25, -0.2) is 9.80 Å². The van der Waals surface area contributed by atoms with Gasteiger partial charge in [-0.2, -0.15) is 5.10 Å². The van der Waals surface area contributed by atoms with Crippen LogP contribution in [-0.4, -0.2) is 78.9 Å². The SMILES string of the molecule is Cl.O=C1CN(N=Cc2ccc(-c3ccc(Cl)cc3)o2)C(=O)N1CCCCCCCCN1CCOCC1. The predicted molar refractivity (Wildman–Crippen MR) is 143 cm³/mol. The molecule has 3 amide bonds. The van der Waals surface area contributed by atoms with Crippen molar-refractivity contribution in [3.63, 3.8) is 0 Å². The van der Waals surface area contributed by atoms with E-state index < -0.39 is 0 Å². The number of hydrogen-bond acceptors (Lipinski definition) is 6. The van der Waals surface area contributed by atoms with Crippen LogP contribution in [0.3, 0.4) is 0 Å². The molecule has 2 aliphatic rings. The summed E-state index contributed by atoms with van der Waals surface area (Å²) in [6, 6.07) is 10.6. The number of imide groups is 1. The van der Waals surface area contributed by atoms with Crippen LogP contribution in [0, 0.1) is 0 Å². The minimum atomic E-state index is -0.374. The lowest BCUT2D eigenvalue weighted by Crippen LogP contribution is -2.36. The lowest BCUT2D eigenvalue weighted by atomic mass is 10.1. The molecule has 0 atom stereocenters. The summed E-state index contributed by atoms with van der Waals surface area (Å²) >= 11 is 5.93. The Labute approximate surface area is 223 Å². The molecule has 2 aliphatic heterocycles. The summed E-state index contributed by atoms with van der Waals surface area (Å²) in [5.74, 6) is 0.968. The standard InChI is InChI=1S/C26H33ClN4O4.ClH/c27-22-9-7-21(8-10-22)24-12-11-23(35-24)19-28-31-20-25(32)30(26(31)33)14-6-4-2-1-3-5-13-29-15-17-34-18-16-29;/h7-12,19H,1-6,13-18,20H2;1H. The molecule has 0 unspecified atom stereocenters.